The van der Waals surface area contributed by atoms with Crippen LogP contribution in [0.3, 0.4) is 0 Å². The van der Waals surface area contributed by atoms with Gasteiger partial charge in [0.1, 0.15) is 0 Å². The predicted molar refractivity (Wildman–Crippen MR) is 108 cm³/mol. The van der Waals surface area contributed by atoms with Gasteiger partial charge in [0, 0.05) is 13.1 Å². The average Bonchev–Trinajstić information content (AvgIpc) is 2.66. The van der Waals surface area contributed by atoms with Crippen LogP contribution in [0.25, 0.3) is 0 Å². The zero-order valence-electron chi connectivity index (χ0n) is 16.5. The van der Waals surface area contributed by atoms with Gasteiger partial charge in [0.15, 0.2) is 0 Å². The highest BCUT2D eigenvalue weighted by Gasteiger charge is 2.34. The number of carbonyl (C=O) groups is 1. The lowest BCUT2D eigenvalue weighted by Gasteiger charge is -2.38. The second kappa shape index (κ2) is 8.24. The monoisotopic (exact) mass is 366 g/mol. The molecule has 1 fully saturated rings. The SMILES string of the molecule is Cc1ccc(C)c(C(C)NC(=O)CN2CCC(O)(c3ccccc3)CC2)c1. The first-order valence-electron chi connectivity index (χ1n) is 9.74. The maximum Gasteiger partial charge on any atom is 0.234 e. The second-order valence-electron chi connectivity index (χ2n) is 7.82. The quantitative estimate of drug-likeness (QED) is 0.852. The summed E-state index contributed by atoms with van der Waals surface area (Å²) in [5.41, 5.74) is 3.76. The highest BCUT2D eigenvalue weighted by molar-refractivity contribution is 5.78. The molecule has 1 heterocycles. The molecule has 0 spiro atoms. The summed E-state index contributed by atoms with van der Waals surface area (Å²) < 4.78 is 0. The van der Waals surface area contributed by atoms with Gasteiger partial charge >= 0.3 is 0 Å². The van der Waals surface area contributed by atoms with Crippen LogP contribution in [0, 0.1) is 13.8 Å². The van der Waals surface area contributed by atoms with Crippen LogP contribution in [0.5, 0.6) is 0 Å². The van der Waals surface area contributed by atoms with Crippen LogP contribution in [0.15, 0.2) is 48.5 Å². The summed E-state index contributed by atoms with van der Waals surface area (Å²) in [6.45, 7) is 7.99. The highest BCUT2D eigenvalue weighted by Crippen LogP contribution is 2.32. The average molecular weight is 367 g/mol. The van der Waals surface area contributed by atoms with E-state index in [1.54, 1.807) is 0 Å². The Morgan fingerprint density at radius 2 is 1.81 bits per heavy atom. The Bertz CT molecular complexity index is 780. The van der Waals surface area contributed by atoms with Crippen molar-refractivity contribution in [1.29, 1.82) is 0 Å². The van der Waals surface area contributed by atoms with E-state index in [0.717, 1.165) is 18.7 Å². The molecule has 0 bridgehead atoms. The molecule has 4 heteroatoms. The Labute approximate surface area is 162 Å². The van der Waals surface area contributed by atoms with Crippen LogP contribution >= 0.6 is 0 Å². The number of likely N-dealkylation sites (tertiary alicyclic amines) is 1. The lowest BCUT2D eigenvalue weighted by atomic mass is 9.84. The highest BCUT2D eigenvalue weighted by atomic mass is 16.3. The van der Waals surface area contributed by atoms with E-state index in [0.29, 0.717) is 19.4 Å². The molecule has 144 valence electrons. The molecule has 3 rings (SSSR count). The van der Waals surface area contributed by atoms with Crippen LogP contribution in [0.2, 0.25) is 0 Å². The molecule has 0 radical (unpaired) electrons. The largest absolute Gasteiger partial charge is 0.385 e. The van der Waals surface area contributed by atoms with Crippen molar-refractivity contribution < 1.29 is 9.90 Å². The van der Waals surface area contributed by atoms with Crippen molar-refractivity contribution in [2.24, 2.45) is 0 Å². The van der Waals surface area contributed by atoms with E-state index >= 15 is 0 Å². The Balaban J connectivity index is 1.53. The smallest absolute Gasteiger partial charge is 0.234 e. The normalized spacial score (nSPS) is 18.1. The van der Waals surface area contributed by atoms with Crippen LogP contribution < -0.4 is 5.32 Å². The number of hydrogen-bond acceptors (Lipinski definition) is 3. The van der Waals surface area contributed by atoms with Crippen LogP contribution in [-0.4, -0.2) is 35.5 Å². The van der Waals surface area contributed by atoms with Gasteiger partial charge in [-0.2, -0.15) is 0 Å². The molecule has 1 aliphatic rings. The third-order valence-corrected chi connectivity index (χ3v) is 5.64. The molecule has 2 aromatic carbocycles. The molecule has 0 aromatic heterocycles. The van der Waals surface area contributed by atoms with Crippen molar-refractivity contribution >= 4 is 5.91 Å². The zero-order valence-corrected chi connectivity index (χ0v) is 16.5. The Morgan fingerprint density at radius 3 is 2.48 bits per heavy atom. The van der Waals surface area contributed by atoms with Crippen molar-refractivity contribution in [2.75, 3.05) is 19.6 Å². The number of carbonyl (C=O) groups excluding carboxylic acids is 1. The number of nitrogens with one attached hydrogen (secondary N) is 1. The third kappa shape index (κ3) is 4.76. The van der Waals surface area contributed by atoms with E-state index < -0.39 is 5.60 Å². The first kappa shape index (κ1) is 19.6. The van der Waals surface area contributed by atoms with Crippen molar-refractivity contribution in [3.05, 3.63) is 70.8 Å². The zero-order chi connectivity index (χ0) is 19.4. The van der Waals surface area contributed by atoms with Gasteiger partial charge in [-0.15, -0.1) is 0 Å². The van der Waals surface area contributed by atoms with Gasteiger partial charge in [-0.1, -0.05) is 54.1 Å². The lowest BCUT2D eigenvalue weighted by molar-refractivity contribution is -0.124. The number of aliphatic hydroxyl groups is 1. The lowest BCUT2D eigenvalue weighted by Crippen LogP contribution is -2.46. The van der Waals surface area contributed by atoms with Gasteiger partial charge in [0.05, 0.1) is 18.2 Å². The third-order valence-electron chi connectivity index (χ3n) is 5.64. The van der Waals surface area contributed by atoms with E-state index in [9.17, 15) is 9.90 Å². The first-order valence-corrected chi connectivity index (χ1v) is 9.74. The molecular formula is C23H30N2O2. The Morgan fingerprint density at radius 1 is 1.15 bits per heavy atom. The number of nitrogens with zero attached hydrogens (tertiary/aromatic N) is 1. The van der Waals surface area contributed by atoms with Gasteiger partial charge in [0.25, 0.3) is 0 Å². The number of aryl methyl sites for hydroxylation is 2. The molecule has 0 aliphatic carbocycles. The van der Waals surface area contributed by atoms with Gasteiger partial charge in [0.2, 0.25) is 5.91 Å². The standard InChI is InChI=1S/C23H30N2O2/c1-17-9-10-18(2)21(15-17)19(3)24-22(26)16-25-13-11-23(27,12-14-25)20-7-5-4-6-8-20/h4-10,15,19,27H,11-14,16H2,1-3H3,(H,24,26). The molecule has 1 saturated heterocycles. The summed E-state index contributed by atoms with van der Waals surface area (Å²) >= 11 is 0. The van der Waals surface area contributed by atoms with Gasteiger partial charge in [-0.3, -0.25) is 9.69 Å². The number of hydrogen-bond donors (Lipinski definition) is 2. The molecule has 2 N–H and O–H groups in total. The molecule has 1 atom stereocenters. The number of benzene rings is 2. The van der Waals surface area contributed by atoms with E-state index in [1.165, 1.54) is 16.7 Å². The molecule has 2 aromatic rings. The summed E-state index contributed by atoms with van der Waals surface area (Å²) in [7, 11) is 0. The summed E-state index contributed by atoms with van der Waals surface area (Å²) in [5, 5.41) is 14.0. The summed E-state index contributed by atoms with van der Waals surface area (Å²) in [4.78, 5) is 14.6. The maximum atomic E-state index is 12.5. The fourth-order valence-corrected chi connectivity index (χ4v) is 3.91. The fourth-order valence-electron chi connectivity index (χ4n) is 3.91. The first-order chi connectivity index (χ1) is 12.9. The van der Waals surface area contributed by atoms with Crippen molar-refractivity contribution in [3.8, 4) is 0 Å². The van der Waals surface area contributed by atoms with Crippen LogP contribution in [-0.2, 0) is 10.4 Å². The minimum absolute atomic E-state index is 0.0107. The maximum absolute atomic E-state index is 12.5. The minimum Gasteiger partial charge on any atom is -0.385 e. The van der Waals surface area contributed by atoms with Crippen LogP contribution in [0.4, 0.5) is 0 Å². The number of piperidine rings is 1. The topological polar surface area (TPSA) is 52.6 Å². The summed E-state index contributed by atoms with van der Waals surface area (Å²) in [6, 6.07) is 16.2. The molecule has 0 saturated carbocycles. The Kier molecular flexibility index (Phi) is 5.98. The van der Waals surface area contributed by atoms with E-state index in [-0.39, 0.29) is 11.9 Å². The minimum atomic E-state index is -0.778. The van der Waals surface area contributed by atoms with Crippen molar-refractivity contribution in [1.82, 2.24) is 10.2 Å². The summed E-state index contributed by atoms with van der Waals surface area (Å²) in [6.07, 6.45) is 1.30. The van der Waals surface area contributed by atoms with E-state index in [1.807, 2.05) is 37.3 Å². The van der Waals surface area contributed by atoms with E-state index in [4.69, 9.17) is 0 Å². The molecular weight excluding hydrogens is 336 g/mol. The van der Waals surface area contributed by atoms with Gasteiger partial charge in [-0.05, 0) is 50.3 Å². The fraction of sp³-hybridized carbons (Fsp3) is 0.435. The molecule has 1 amide bonds. The van der Waals surface area contributed by atoms with Crippen molar-refractivity contribution in [3.63, 3.8) is 0 Å². The van der Waals surface area contributed by atoms with E-state index in [2.05, 4.69) is 42.3 Å². The molecule has 1 unspecified atom stereocenters. The molecule has 1 aliphatic heterocycles. The van der Waals surface area contributed by atoms with Gasteiger partial charge < -0.3 is 10.4 Å². The Hall–Kier alpha value is -2.17. The predicted octanol–water partition coefficient (Wildman–Crippen LogP) is 3.46. The second-order valence-corrected chi connectivity index (χ2v) is 7.82. The summed E-state index contributed by atoms with van der Waals surface area (Å²) in [5.74, 6) is 0.0357. The van der Waals surface area contributed by atoms with Gasteiger partial charge in [-0.25, -0.2) is 0 Å². The molecule has 4 nitrogen and oxygen atoms in total. The molecule has 27 heavy (non-hydrogen) atoms. The van der Waals surface area contributed by atoms with Crippen LogP contribution in [0.1, 0.15) is 48.1 Å². The number of rotatable bonds is 5. The number of amides is 1. The van der Waals surface area contributed by atoms with Crippen molar-refractivity contribution in [2.45, 2.75) is 45.3 Å².